The van der Waals surface area contributed by atoms with Crippen LogP contribution in [0.1, 0.15) is 17.0 Å². The predicted octanol–water partition coefficient (Wildman–Crippen LogP) is 2.68. The van der Waals surface area contributed by atoms with Crippen molar-refractivity contribution < 1.29 is 24.2 Å². The zero-order chi connectivity index (χ0) is 17.1. The van der Waals surface area contributed by atoms with Crippen LogP contribution < -0.4 is 9.47 Å². The summed E-state index contributed by atoms with van der Waals surface area (Å²) in [6.45, 7) is 0. The van der Waals surface area contributed by atoms with Gasteiger partial charge in [0.1, 0.15) is 11.5 Å². The van der Waals surface area contributed by atoms with Crippen LogP contribution in [0.4, 0.5) is 0 Å². The van der Waals surface area contributed by atoms with Gasteiger partial charge in [-0.1, -0.05) is 17.3 Å². The van der Waals surface area contributed by atoms with Gasteiger partial charge in [-0.15, -0.1) is 0 Å². The Hall–Kier alpha value is -3.02. The van der Waals surface area contributed by atoms with Crippen molar-refractivity contribution in [1.82, 2.24) is 0 Å². The summed E-state index contributed by atoms with van der Waals surface area (Å²) < 4.78 is 10.3. The molecule has 0 amide bonds. The first kappa shape index (κ1) is 15.9. The van der Waals surface area contributed by atoms with Crippen LogP contribution in [0.25, 0.3) is 0 Å². The molecule has 2 aromatic rings. The summed E-state index contributed by atoms with van der Waals surface area (Å²) in [5.41, 5.74) is 2.17. The van der Waals surface area contributed by atoms with E-state index in [4.69, 9.17) is 14.3 Å². The van der Waals surface area contributed by atoms with Crippen LogP contribution in [0.5, 0.6) is 11.5 Å². The van der Waals surface area contributed by atoms with Crippen molar-refractivity contribution in [2.24, 2.45) is 5.16 Å². The fraction of sp³-hybridized carbons (Fsp3) is 0.222. The van der Waals surface area contributed by atoms with Gasteiger partial charge in [0.25, 0.3) is 0 Å². The second-order valence-electron chi connectivity index (χ2n) is 5.32. The van der Waals surface area contributed by atoms with E-state index in [1.807, 2.05) is 24.3 Å². The van der Waals surface area contributed by atoms with E-state index in [-0.39, 0.29) is 0 Å². The summed E-state index contributed by atoms with van der Waals surface area (Å²) in [7, 11) is 3.17. The number of oxime groups is 1. The smallest absolute Gasteiger partial charge is 0.348 e. The number of carboxylic acids is 1. The van der Waals surface area contributed by atoms with E-state index in [9.17, 15) is 9.90 Å². The van der Waals surface area contributed by atoms with Crippen LogP contribution >= 0.6 is 0 Å². The molecule has 1 N–H and O–H groups in total. The standard InChI is InChI=1S/C18H17NO5/c1-22-13-7-3-11(4-8-13)15-16(19-24-17(15)18(20)21)12-5-9-14(23-2)10-6-12/h3-10,15,17H,1-2H3,(H,20,21). The van der Waals surface area contributed by atoms with Crippen molar-refractivity contribution in [2.75, 3.05) is 14.2 Å². The highest BCUT2D eigenvalue weighted by atomic mass is 16.7. The Morgan fingerprint density at radius 1 is 1.00 bits per heavy atom. The van der Waals surface area contributed by atoms with E-state index < -0.39 is 18.0 Å². The van der Waals surface area contributed by atoms with Crippen LogP contribution in [0.15, 0.2) is 53.7 Å². The summed E-state index contributed by atoms with van der Waals surface area (Å²) >= 11 is 0. The Kier molecular flexibility index (Phi) is 4.37. The van der Waals surface area contributed by atoms with Gasteiger partial charge >= 0.3 is 5.97 Å². The SMILES string of the molecule is COc1ccc(C2=NOC(C(=O)O)C2c2ccc(OC)cc2)cc1. The normalized spacial score (nSPS) is 19.3. The molecule has 2 unspecified atom stereocenters. The quantitative estimate of drug-likeness (QED) is 0.913. The third-order valence-electron chi connectivity index (χ3n) is 3.97. The number of rotatable bonds is 5. The van der Waals surface area contributed by atoms with Crippen LogP contribution in [0, 0.1) is 0 Å². The number of benzene rings is 2. The predicted molar refractivity (Wildman–Crippen MR) is 87.8 cm³/mol. The lowest BCUT2D eigenvalue weighted by Gasteiger charge is -2.17. The van der Waals surface area contributed by atoms with Crippen molar-refractivity contribution in [3.05, 3.63) is 59.7 Å². The van der Waals surface area contributed by atoms with Crippen molar-refractivity contribution in [1.29, 1.82) is 0 Å². The number of hydrogen-bond donors (Lipinski definition) is 1. The van der Waals surface area contributed by atoms with E-state index in [0.29, 0.717) is 17.2 Å². The first-order valence-corrected chi connectivity index (χ1v) is 7.39. The first-order valence-electron chi connectivity index (χ1n) is 7.39. The molecule has 0 fully saturated rings. The number of hydrogen-bond acceptors (Lipinski definition) is 5. The van der Waals surface area contributed by atoms with Gasteiger partial charge in [-0.05, 0) is 42.0 Å². The maximum atomic E-state index is 11.5. The van der Waals surface area contributed by atoms with Gasteiger partial charge in [0.05, 0.1) is 25.8 Å². The summed E-state index contributed by atoms with van der Waals surface area (Å²) in [5, 5.41) is 13.5. The molecule has 1 aliphatic heterocycles. The van der Waals surface area contributed by atoms with Crippen molar-refractivity contribution >= 4 is 11.7 Å². The highest BCUT2D eigenvalue weighted by molar-refractivity contribution is 6.08. The fourth-order valence-corrected chi connectivity index (χ4v) is 2.70. The molecule has 6 heteroatoms. The van der Waals surface area contributed by atoms with Gasteiger partial charge < -0.3 is 19.4 Å². The van der Waals surface area contributed by atoms with E-state index in [1.54, 1.807) is 38.5 Å². The zero-order valence-electron chi connectivity index (χ0n) is 13.3. The Balaban J connectivity index is 1.98. The monoisotopic (exact) mass is 327 g/mol. The van der Waals surface area contributed by atoms with Gasteiger partial charge in [-0.2, -0.15) is 0 Å². The molecular formula is C18H17NO5. The highest BCUT2D eigenvalue weighted by Gasteiger charge is 2.41. The summed E-state index contributed by atoms with van der Waals surface area (Å²) in [6.07, 6.45) is -1.06. The highest BCUT2D eigenvalue weighted by Crippen LogP contribution is 2.33. The van der Waals surface area contributed by atoms with Crippen LogP contribution in [0.3, 0.4) is 0 Å². The maximum absolute atomic E-state index is 11.5. The van der Waals surface area contributed by atoms with Crippen molar-refractivity contribution in [2.45, 2.75) is 12.0 Å². The first-order chi connectivity index (χ1) is 11.6. The number of aliphatic carboxylic acids is 1. The minimum atomic E-state index is -1.06. The molecule has 2 atom stereocenters. The molecule has 3 rings (SSSR count). The summed E-state index contributed by atoms with van der Waals surface area (Å²) in [6, 6.07) is 14.5. The van der Waals surface area contributed by atoms with Gasteiger partial charge in [-0.25, -0.2) is 4.79 Å². The third-order valence-corrected chi connectivity index (χ3v) is 3.97. The second kappa shape index (κ2) is 6.62. The lowest BCUT2D eigenvalue weighted by molar-refractivity contribution is -0.149. The Morgan fingerprint density at radius 2 is 1.54 bits per heavy atom. The summed E-state index contributed by atoms with van der Waals surface area (Å²) in [5.74, 6) is -0.133. The Bertz CT molecular complexity index is 752. The fourth-order valence-electron chi connectivity index (χ4n) is 2.70. The molecule has 0 bridgehead atoms. The average Bonchev–Trinajstić information content (AvgIpc) is 3.07. The number of nitrogens with zero attached hydrogens (tertiary/aromatic N) is 1. The van der Waals surface area contributed by atoms with Crippen LogP contribution in [-0.2, 0) is 9.63 Å². The lowest BCUT2D eigenvalue weighted by Crippen LogP contribution is -2.29. The number of methoxy groups -OCH3 is 2. The molecule has 0 aliphatic carbocycles. The summed E-state index contributed by atoms with van der Waals surface area (Å²) in [4.78, 5) is 16.7. The number of carboxylic acid groups (broad SMARTS) is 1. The largest absolute Gasteiger partial charge is 0.497 e. The topological polar surface area (TPSA) is 77.4 Å². The van der Waals surface area contributed by atoms with E-state index in [2.05, 4.69) is 5.16 Å². The molecule has 0 aromatic heterocycles. The average molecular weight is 327 g/mol. The van der Waals surface area contributed by atoms with Crippen molar-refractivity contribution in [3.8, 4) is 11.5 Å². The number of ether oxygens (including phenoxy) is 2. The Morgan fingerprint density at radius 3 is 2.04 bits per heavy atom. The lowest BCUT2D eigenvalue weighted by atomic mass is 9.86. The molecular weight excluding hydrogens is 310 g/mol. The molecule has 6 nitrogen and oxygen atoms in total. The Labute approximate surface area is 139 Å². The molecule has 0 spiro atoms. The van der Waals surface area contributed by atoms with Crippen LogP contribution in [0.2, 0.25) is 0 Å². The molecule has 0 radical (unpaired) electrons. The van der Waals surface area contributed by atoms with Gasteiger partial charge in [0.15, 0.2) is 0 Å². The number of carbonyl (C=O) groups is 1. The maximum Gasteiger partial charge on any atom is 0.348 e. The molecule has 24 heavy (non-hydrogen) atoms. The zero-order valence-corrected chi connectivity index (χ0v) is 13.3. The van der Waals surface area contributed by atoms with Gasteiger partial charge in [0, 0.05) is 5.56 Å². The molecule has 1 heterocycles. The third kappa shape index (κ3) is 2.90. The second-order valence-corrected chi connectivity index (χ2v) is 5.32. The van der Waals surface area contributed by atoms with Crippen molar-refractivity contribution in [3.63, 3.8) is 0 Å². The molecule has 0 saturated carbocycles. The van der Waals surface area contributed by atoms with E-state index in [0.717, 1.165) is 11.1 Å². The van der Waals surface area contributed by atoms with Gasteiger partial charge in [-0.3, -0.25) is 0 Å². The molecule has 0 saturated heterocycles. The molecule has 1 aliphatic rings. The van der Waals surface area contributed by atoms with E-state index >= 15 is 0 Å². The molecule has 124 valence electrons. The molecule has 2 aromatic carbocycles. The van der Waals surface area contributed by atoms with E-state index in [1.165, 1.54) is 0 Å². The van der Waals surface area contributed by atoms with Crippen LogP contribution in [-0.4, -0.2) is 37.1 Å². The minimum Gasteiger partial charge on any atom is -0.497 e. The van der Waals surface area contributed by atoms with Gasteiger partial charge in [0.2, 0.25) is 6.10 Å². The minimum absolute atomic E-state index is 0.498.